The summed E-state index contributed by atoms with van der Waals surface area (Å²) in [5.74, 6) is 0. The molecule has 6 nitrogen and oxygen atoms in total. The molecule has 0 saturated heterocycles. The molecule has 0 saturated carbocycles. The predicted octanol–water partition coefficient (Wildman–Crippen LogP) is 3.24. The molecule has 0 aromatic heterocycles. The lowest BCUT2D eigenvalue weighted by atomic mass is 9.93. The van der Waals surface area contributed by atoms with Crippen LogP contribution in [0.5, 0.6) is 0 Å². The molecule has 0 aliphatic carbocycles. The fraction of sp³-hybridized carbons (Fsp3) is 0.467. The van der Waals surface area contributed by atoms with Gasteiger partial charge >= 0.3 is 12.2 Å². The number of amides is 2. The van der Waals surface area contributed by atoms with Crippen LogP contribution < -0.4 is 5.43 Å². The molecule has 21 heavy (non-hydrogen) atoms. The Kier molecular flexibility index (Phi) is 6.02. The molecule has 0 aliphatic rings. The van der Waals surface area contributed by atoms with E-state index in [4.69, 9.17) is 9.84 Å². The molecule has 0 bridgehead atoms. The number of hydrogen-bond donors (Lipinski definition) is 2. The number of benzene rings is 1. The van der Waals surface area contributed by atoms with E-state index < -0.39 is 12.2 Å². The third kappa shape index (κ3) is 7.20. The zero-order chi connectivity index (χ0) is 15.9. The minimum Gasteiger partial charge on any atom is -0.464 e. The Bertz CT molecular complexity index is 468. The van der Waals surface area contributed by atoms with E-state index in [0.717, 1.165) is 10.6 Å². The van der Waals surface area contributed by atoms with E-state index in [-0.39, 0.29) is 18.6 Å². The molecule has 2 amide bonds. The molecule has 2 N–H and O–H groups in total. The van der Waals surface area contributed by atoms with E-state index in [9.17, 15) is 9.59 Å². The minimum atomic E-state index is -1.31. The number of carbonyl (C=O) groups excluding carboxylic acids is 1. The van der Waals surface area contributed by atoms with Gasteiger partial charge in [0.05, 0.1) is 13.2 Å². The van der Waals surface area contributed by atoms with Gasteiger partial charge < -0.3 is 9.84 Å². The van der Waals surface area contributed by atoms with Gasteiger partial charge in [0.15, 0.2) is 0 Å². The maximum absolute atomic E-state index is 11.9. The highest BCUT2D eigenvalue weighted by atomic mass is 16.6. The SMILES string of the molecule is CC(C)(C)CCOC(=O)N(Cc1ccccc1)NC(=O)O. The lowest BCUT2D eigenvalue weighted by Crippen LogP contribution is -2.45. The molecule has 0 spiro atoms. The quantitative estimate of drug-likeness (QED) is 0.835. The number of nitrogens with zero attached hydrogens (tertiary/aromatic N) is 1. The molecule has 0 radical (unpaired) electrons. The summed E-state index contributed by atoms with van der Waals surface area (Å²) in [6.45, 7) is 6.48. The number of hydrogen-bond acceptors (Lipinski definition) is 3. The van der Waals surface area contributed by atoms with Crippen LogP contribution in [0.25, 0.3) is 0 Å². The molecular weight excluding hydrogens is 272 g/mol. The summed E-state index contributed by atoms with van der Waals surface area (Å²) < 4.78 is 5.11. The van der Waals surface area contributed by atoms with Crippen molar-refractivity contribution in [1.82, 2.24) is 10.4 Å². The lowest BCUT2D eigenvalue weighted by Gasteiger charge is -2.23. The maximum atomic E-state index is 11.9. The van der Waals surface area contributed by atoms with Gasteiger partial charge in [-0.2, -0.15) is 0 Å². The van der Waals surface area contributed by atoms with Crippen molar-refractivity contribution in [2.45, 2.75) is 33.7 Å². The highest BCUT2D eigenvalue weighted by Gasteiger charge is 2.19. The number of nitrogens with one attached hydrogen (secondary N) is 1. The summed E-state index contributed by atoms with van der Waals surface area (Å²) in [7, 11) is 0. The topological polar surface area (TPSA) is 78.9 Å². The third-order valence-corrected chi connectivity index (χ3v) is 2.71. The molecule has 1 aromatic rings. The van der Waals surface area contributed by atoms with Crippen LogP contribution in [0.1, 0.15) is 32.8 Å². The van der Waals surface area contributed by atoms with Crippen molar-refractivity contribution in [2.75, 3.05) is 6.61 Å². The molecule has 0 atom stereocenters. The van der Waals surface area contributed by atoms with Gasteiger partial charge in [0.2, 0.25) is 0 Å². The molecule has 6 heteroatoms. The smallest absolute Gasteiger partial charge is 0.429 e. The van der Waals surface area contributed by atoms with Gasteiger partial charge in [-0.15, -0.1) is 0 Å². The van der Waals surface area contributed by atoms with Gasteiger partial charge in [-0.3, -0.25) is 0 Å². The average molecular weight is 294 g/mol. The number of rotatable bonds is 4. The standard InChI is InChI=1S/C15H22N2O4/c1-15(2,3)9-10-21-14(20)17(16-13(18)19)11-12-7-5-4-6-8-12/h4-8,16H,9-11H2,1-3H3,(H,18,19). The van der Waals surface area contributed by atoms with Crippen molar-refractivity contribution in [1.29, 1.82) is 0 Å². The monoisotopic (exact) mass is 294 g/mol. The number of ether oxygens (including phenoxy) is 1. The summed E-state index contributed by atoms with van der Waals surface area (Å²) in [6.07, 6.45) is -1.31. The largest absolute Gasteiger partial charge is 0.464 e. The third-order valence-electron chi connectivity index (χ3n) is 2.71. The fourth-order valence-corrected chi connectivity index (χ4v) is 1.55. The Morgan fingerprint density at radius 3 is 2.38 bits per heavy atom. The lowest BCUT2D eigenvalue weighted by molar-refractivity contribution is 0.0687. The van der Waals surface area contributed by atoms with Crippen LogP contribution in [0.2, 0.25) is 0 Å². The Hall–Kier alpha value is -2.24. The molecule has 0 aliphatic heterocycles. The summed E-state index contributed by atoms with van der Waals surface area (Å²) in [6, 6.07) is 9.09. The fourth-order valence-electron chi connectivity index (χ4n) is 1.55. The van der Waals surface area contributed by atoms with Gasteiger partial charge in [-0.1, -0.05) is 51.1 Å². The van der Waals surface area contributed by atoms with Crippen LogP contribution in [-0.2, 0) is 11.3 Å². The van der Waals surface area contributed by atoms with Gasteiger partial charge in [0.25, 0.3) is 0 Å². The van der Waals surface area contributed by atoms with Crippen LogP contribution >= 0.6 is 0 Å². The Balaban J connectivity index is 2.60. The summed E-state index contributed by atoms with van der Waals surface area (Å²) >= 11 is 0. The number of carbonyl (C=O) groups is 2. The highest BCUT2D eigenvalue weighted by Crippen LogP contribution is 2.18. The van der Waals surface area contributed by atoms with Crippen LogP contribution in [0, 0.1) is 5.41 Å². The summed E-state index contributed by atoms with van der Waals surface area (Å²) in [5.41, 5.74) is 2.90. The average Bonchev–Trinajstić information content (AvgIpc) is 2.37. The van der Waals surface area contributed by atoms with Crippen LogP contribution in [0.4, 0.5) is 9.59 Å². The van der Waals surface area contributed by atoms with Crippen molar-refractivity contribution in [3.05, 3.63) is 35.9 Å². The first kappa shape index (κ1) is 16.8. The second-order valence-electron chi connectivity index (χ2n) is 5.91. The maximum Gasteiger partial charge on any atom is 0.429 e. The molecule has 0 fully saturated rings. The predicted molar refractivity (Wildman–Crippen MR) is 78.6 cm³/mol. The molecule has 0 unspecified atom stereocenters. The van der Waals surface area contributed by atoms with Crippen molar-refractivity contribution < 1.29 is 19.4 Å². The number of hydrazine groups is 1. The highest BCUT2D eigenvalue weighted by molar-refractivity contribution is 5.72. The first-order chi connectivity index (χ1) is 9.78. The van der Waals surface area contributed by atoms with Crippen molar-refractivity contribution >= 4 is 12.2 Å². The van der Waals surface area contributed by atoms with E-state index in [2.05, 4.69) is 5.43 Å². The zero-order valence-electron chi connectivity index (χ0n) is 12.6. The van der Waals surface area contributed by atoms with Gasteiger partial charge in [0.1, 0.15) is 0 Å². The Labute approximate surface area is 124 Å². The normalized spacial score (nSPS) is 10.8. The van der Waals surface area contributed by atoms with E-state index in [1.54, 1.807) is 12.1 Å². The minimum absolute atomic E-state index is 0.0464. The molecule has 0 heterocycles. The molecule has 1 rings (SSSR count). The van der Waals surface area contributed by atoms with Gasteiger partial charge in [-0.25, -0.2) is 20.0 Å². The molecule has 1 aromatic carbocycles. The Morgan fingerprint density at radius 1 is 1.24 bits per heavy atom. The number of carboxylic acid groups (broad SMARTS) is 1. The summed E-state index contributed by atoms with van der Waals surface area (Å²) in [5, 5.41) is 9.75. The van der Waals surface area contributed by atoms with Crippen molar-refractivity contribution in [3.63, 3.8) is 0 Å². The molecular formula is C15H22N2O4. The molecule has 116 valence electrons. The second kappa shape index (κ2) is 7.52. The first-order valence-electron chi connectivity index (χ1n) is 6.76. The van der Waals surface area contributed by atoms with Crippen LogP contribution in [-0.4, -0.2) is 28.9 Å². The van der Waals surface area contributed by atoms with Crippen LogP contribution in [0.3, 0.4) is 0 Å². The van der Waals surface area contributed by atoms with Gasteiger partial charge in [-0.05, 0) is 17.4 Å². The summed E-state index contributed by atoms with van der Waals surface area (Å²) in [4.78, 5) is 22.7. The van der Waals surface area contributed by atoms with E-state index in [1.165, 1.54) is 0 Å². The van der Waals surface area contributed by atoms with Gasteiger partial charge in [0, 0.05) is 0 Å². The van der Waals surface area contributed by atoms with Crippen molar-refractivity contribution in [2.24, 2.45) is 5.41 Å². The van der Waals surface area contributed by atoms with Crippen molar-refractivity contribution in [3.8, 4) is 0 Å². The second-order valence-corrected chi connectivity index (χ2v) is 5.91. The first-order valence-corrected chi connectivity index (χ1v) is 6.76. The van der Waals surface area contributed by atoms with E-state index in [0.29, 0.717) is 6.42 Å². The Morgan fingerprint density at radius 2 is 1.86 bits per heavy atom. The van der Waals surface area contributed by atoms with E-state index >= 15 is 0 Å². The zero-order valence-corrected chi connectivity index (χ0v) is 12.6. The van der Waals surface area contributed by atoms with Crippen LogP contribution in [0.15, 0.2) is 30.3 Å². The van der Waals surface area contributed by atoms with E-state index in [1.807, 2.05) is 39.0 Å².